The summed E-state index contributed by atoms with van der Waals surface area (Å²) in [6.07, 6.45) is 9.67. The smallest absolute Gasteiger partial charge is 0.308 e. The van der Waals surface area contributed by atoms with Crippen LogP contribution in [0.4, 0.5) is 0 Å². The number of aliphatic hydroxyl groups is 1. The highest BCUT2D eigenvalue weighted by Crippen LogP contribution is 2.40. The van der Waals surface area contributed by atoms with Crippen LogP contribution in [0.15, 0.2) is 36.0 Å². The van der Waals surface area contributed by atoms with Gasteiger partial charge < -0.3 is 37.6 Å². The third kappa shape index (κ3) is 15.7. The predicted octanol–water partition coefficient (Wildman–Crippen LogP) is 10.6. The van der Waals surface area contributed by atoms with Crippen molar-refractivity contribution in [3.8, 4) is 0 Å². The number of esters is 2. The molecule has 0 spiro atoms. The van der Waals surface area contributed by atoms with E-state index in [-0.39, 0.29) is 42.5 Å². The number of allylic oxidation sites excluding steroid dienone is 2. The maximum Gasteiger partial charge on any atom is 0.308 e. The molecule has 336 valence electrons. The normalized spacial score (nSPS) is 29.7. The quantitative estimate of drug-likeness (QED) is 0.0265. The van der Waals surface area contributed by atoms with Crippen LogP contribution in [-0.4, -0.2) is 94.4 Å². The molecule has 2 aliphatic heterocycles. The Morgan fingerprint density at radius 1 is 1.00 bits per heavy atom. The Kier molecular flexibility index (Phi) is 21.8. The van der Waals surface area contributed by atoms with Crippen molar-refractivity contribution < 1.29 is 47.2 Å². The number of carbonyl (C=O) groups is 2. The fourth-order valence-electron chi connectivity index (χ4n) is 8.69. The van der Waals surface area contributed by atoms with Gasteiger partial charge in [0.1, 0.15) is 17.8 Å². The third-order valence-corrected chi connectivity index (χ3v) is 22.5. The van der Waals surface area contributed by atoms with Crippen molar-refractivity contribution in [3.63, 3.8) is 0 Å². The molecule has 0 aliphatic carbocycles. The first kappa shape index (κ1) is 52.5. The number of carbonyl (C=O) groups excluding carboxylic acids is 2. The lowest BCUT2D eigenvalue weighted by molar-refractivity contribution is -0.227. The minimum atomic E-state index is -2.12. The summed E-state index contributed by atoms with van der Waals surface area (Å²) in [6, 6.07) is 6.17. The third-order valence-electron chi connectivity index (χ3n) is 13.1. The lowest BCUT2D eigenvalue weighted by Gasteiger charge is -2.40. The first-order valence-electron chi connectivity index (χ1n) is 22.7. The van der Waals surface area contributed by atoms with E-state index in [0.717, 1.165) is 48.3 Å². The highest BCUT2D eigenvalue weighted by atomic mass is 28.4. The summed E-state index contributed by atoms with van der Waals surface area (Å²) in [5.41, 5.74) is -1.27. The molecule has 0 aromatic rings. The fraction of sp³-hybridized carbons (Fsp3) is 0.826. The largest absolute Gasteiger partial charge is 0.457 e. The van der Waals surface area contributed by atoms with Crippen LogP contribution in [0.25, 0.3) is 0 Å². The molecular formula is C46H84O10Si2. The zero-order chi connectivity index (χ0) is 43.9. The van der Waals surface area contributed by atoms with E-state index in [9.17, 15) is 14.7 Å². The van der Waals surface area contributed by atoms with Gasteiger partial charge in [0.05, 0.1) is 30.3 Å². The maximum absolute atomic E-state index is 13.9. The summed E-state index contributed by atoms with van der Waals surface area (Å²) in [7, 11) is -3.87. The van der Waals surface area contributed by atoms with Gasteiger partial charge in [0, 0.05) is 37.9 Å². The van der Waals surface area contributed by atoms with Crippen LogP contribution in [-0.2, 0) is 42.1 Å². The highest BCUT2D eigenvalue weighted by molar-refractivity contribution is 6.74. The first-order chi connectivity index (χ1) is 27.2. The van der Waals surface area contributed by atoms with E-state index >= 15 is 0 Å². The molecule has 0 bridgehead atoms. The topological polar surface area (TPSA) is 122 Å². The van der Waals surface area contributed by atoms with Crippen LogP contribution >= 0.6 is 0 Å². The summed E-state index contributed by atoms with van der Waals surface area (Å²) in [5, 5.41) is 11.5. The molecule has 2 rings (SSSR count). The van der Waals surface area contributed by atoms with Gasteiger partial charge in [-0.3, -0.25) is 9.59 Å². The van der Waals surface area contributed by atoms with E-state index < -0.39 is 58.4 Å². The van der Waals surface area contributed by atoms with Crippen molar-refractivity contribution >= 4 is 28.6 Å². The predicted molar refractivity (Wildman–Crippen MR) is 239 cm³/mol. The van der Waals surface area contributed by atoms with Gasteiger partial charge in [-0.2, -0.15) is 0 Å². The van der Waals surface area contributed by atoms with Crippen molar-refractivity contribution in [2.24, 2.45) is 11.8 Å². The molecule has 58 heavy (non-hydrogen) atoms. The Morgan fingerprint density at radius 2 is 1.60 bits per heavy atom. The Hall–Kier alpha value is -1.65. The molecular weight excluding hydrogens is 769 g/mol. The van der Waals surface area contributed by atoms with Crippen LogP contribution in [0.5, 0.6) is 0 Å². The summed E-state index contributed by atoms with van der Waals surface area (Å²) in [6.45, 7) is 31.0. The van der Waals surface area contributed by atoms with Gasteiger partial charge >= 0.3 is 11.9 Å². The number of epoxide rings is 1. The van der Waals surface area contributed by atoms with Crippen LogP contribution in [0, 0.1) is 11.8 Å². The molecule has 0 amide bonds. The molecule has 2 heterocycles. The molecule has 0 unspecified atom stereocenters. The Morgan fingerprint density at radius 3 is 2.14 bits per heavy atom. The summed E-state index contributed by atoms with van der Waals surface area (Å²) < 4.78 is 44.6. The standard InChI is InChI=1S/C46H84O10Si2/c1-16-39(56-58(21-6,22-7)23-8)35(11)44-40(52-44)32-45(14,49)29-24-25-33(9)43-34(10)26-27-41(51-36(12)47)46(15,54-37(13)50-17-2)30-28-38(31-42(48)53-43)55-57(18-3,19-4)20-5/h24-27,29,34-35,37-41,43-44,49H,16-23,28,30-32H2,1-15H3/b27-26-,29-24+,33-25+/t34-,35+,37-,38+,39-,40+,41-,43+,44-,45-,46+/m0/s1. The summed E-state index contributed by atoms with van der Waals surface area (Å²) in [5.74, 6) is -0.799. The number of hydrogen-bond donors (Lipinski definition) is 1. The summed E-state index contributed by atoms with van der Waals surface area (Å²) in [4.78, 5) is 26.4. The van der Waals surface area contributed by atoms with E-state index in [1.807, 2.05) is 58.9 Å². The minimum absolute atomic E-state index is 0.0443. The molecule has 2 aliphatic rings. The second kappa shape index (κ2) is 24.1. The van der Waals surface area contributed by atoms with E-state index in [1.54, 1.807) is 13.0 Å². The average molecular weight is 853 g/mol. The van der Waals surface area contributed by atoms with Crippen molar-refractivity contribution in [1.82, 2.24) is 0 Å². The second-order valence-corrected chi connectivity index (χ2v) is 26.9. The van der Waals surface area contributed by atoms with E-state index in [4.69, 9.17) is 32.5 Å². The van der Waals surface area contributed by atoms with Crippen molar-refractivity contribution in [2.75, 3.05) is 6.61 Å². The van der Waals surface area contributed by atoms with E-state index in [2.05, 4.69) is 55.4 Å². The zero-order valence-corrected chi connectivity index (χ0v) is 41.2. The van der Waals surface area contributed by atoms with Crippen molar-refractivity contribution in [2.45, 2.75) is 226 Å². The number of rotatable bonds is 23. The van der Waals surface area contributed by atoms with Gasteiger partial charge in [-0.1, -0.05) is 86.6 Å². The molecule has 0 aromatic heterocycles. The maximum atomic E-state index is 13.9. The molecule has 0 aromatic carbocycles. The molecule has 0 radical (unpaired) electrons. The van der Waals surface area contributed by atoms with E-state index in [1.165, 1.54) is 6.92 Å². The molecule has 1 N–H and O–H groups in total. The number of ether oxygens (including phenoxy) is 5. The molecule has 10 nitrogen and oxygen atoms in total. The molecule has 12 heteroatoms. The van der Waals surface area contributed by atoms with Crippen molar-refractivity contribution in [1.29, 1.82) is 0 Å². The van der Waals surface area contributed by atoms with Crippen LogP contribution < -0.4 is 0 Å². The van der Waals surface area contributed by atoms with Gasteiger partial charge in [-0.25, -0.2) is 0 Å². The summed E-state index contributed by atoms with van der Waals surface area (Å²) >= 11 is 0. The van der Waals surface area contributed by atoms with Crippen LogP contribution in [0.2, 0.25) is 36.3 Å². The lowest BCUT2D eigenvalue weighted by Crippen LogP contribution is -2.48. The fourth-order valence-corrected chi connectivity index (χ4v) is 14.6. The molecule has 11 atom stereocenters. The molecule has 1 saturated heterocycles. The first-order valence-corrected chi connectivity index (χ1v) is 27.7. The molecule has 0 saturated carbocycles. The van der Waals surface area contributed by atoms with Crippen LogP contribution in [0.3, 0.4) is 0 Å². The highest BCUT2D eigenvalue weighted by Gasteiger charge is 2.49. The second-order valence-electron chi connectivity index (χ2n) is 17.5. The van der Waals surface area contributed by atoms with Gasteiger partial charge in [0.2, 0.25) is 0 Å². The van der Waals surface area contributed by atoms with Gasteiger partial charge in [0.15, 0.2) is 22.9 Å². The number of hydrogen-bond acceptors (Lipinski definition) is 10. The zero-order valence-electron chi connectivity index (χ0n) is 39.2. The SMILES string of the molecule is CCO[C@H](C)O[C@]1(C)CC[C@@H](O[Si](CC)(CC)CC)CC(=O)O[C@H](/C(C)=C/C=C/[C@](C)(O)C[C@H]2O[C@H]2[C@H](C)[C@H](CC)O[Si](CC)(CC)CC)[C@@H](C)/C=C\[C@@H]1OC(C)=O. The van der Waals surface area contributed by atoms with Gasteiger partial charge in [-0.15, -0.1) is 0 Å². The van der Waals surface area contributed by atoms with E-state index in [0.29, 0.717) is 25.9 Å². The Bertz CT molecular complexity index is 1320. The molecule has 1 fully saturated rings. The average Bonchev–Trinajstić information content (AvgIpc) is 3.94. The lowest BCUT2D eigenvalue weighted by atomic mass is 9.88. The monoisotopic (exact) mass is 853 g/mol. The number of cyclic esters (lactones) is 1. The Labute approximate surface area is 355 Å². The minimum Gasteiger partial charge on any atom is -0.457 e. The van der Waals surface area contributed by atoms with Gasteiger partial charge in [0.25, 0.3) is 0 Å². The van der Waals surface area contributed by atoms with Crippen molar-refractivity contribution in [3.05, 3.63) is 36.0 Å². The Balaban J connectivity index is 2.40. The van der Waals surface area contributed by atoms with Crippen LogP contribution in [0.1, 0.15) is 136 Å². The van der Waals surface area contributed by atoms with Gasteiger partial charge in [-0.05, 0) is 102 Å².